The lowest BCUT2D eigenvalue weighted by molar-refractivity contribution is -0.123. The van der Waals surface area contributed by atoms with Crippen LogP contribution in [0.25, 0.3) is 0 Å². The summed E-state index contributed by atoms with van der Waals surface area (Å²) in [7, 11) is -3.62. The number of amides is 1. The smallest absolute Gasteiger partial charge is 0.258 e. The van der Waals surface area contributed by atoms with Gasteiger partial charge in [0.05, 0.1) is 9.92 Å². The normalized spacial score (nSPS) is 12.9. The molecule has 24 heavy (non-hydrogen) atoms. The molecule has 0 aliphatic carbocycles. The summed E-state index contributed by atoms with van der Waals surface area (Å²) in [5.41, 5.74) is 0. The maximum absolute atomic E-state index is 12.1. The van der Waals surface area contributed by atoms with Crippen LogP contribution in [0.4, 0.5) is 0 Å². The van der Waals surface area contributed by atoms with Crippen LogP contribution in [-0.4, -0.2) is 33.0 Å². The fourth-order valence-corrected chi connectivity index (χ4v) is 3.69. The van der Waals surface area contributed by atoms with Crippen LogP contribution >= 0.6 is 11.6 Å². The lowest BCUT2D eigenvalue weighted by atomic mass is 10.2. The molecule has 0 aliphatic rings. The molecule has 1 atom stereocenters. The van der Waals surface area contributed by atoms with Crippen LogP contribution < -0.4 is 14.8 Å². The van der Waals surface area contributed by atoms with Gasteiger partial charge in [0.2, 0.25) is 10.0 Å². The van der Waals surface area contributed by atoms with Gasteiger partial charge in [-0.05, 0) is 45.4 Å². The van der Waals surface area contributed by atoms with Gasteiger partial charge in [-0.3, -0.25) is 4.79 Å². The molecule has 0 unspecified atom stereocenters. The zero-order valence-corrected chi connectivity index (χ0v) is 16.0. The zero-order valence-electron chi connectivity index (χ0n) is 14.4. The fourth-order valence-electron chi connectivity index (χ4n) is 2.11. The topological polar surface area (TPSA) is 84.5 Å². The Labute approximate surface area is 149 Å². The molecule has 0 saturated heterocycles. The van der Waals surface area contributed by atoms with Crippen LogP contribution in [0.1, 0.15) is 40.5 Å². The summed E-state index contributed by atoms with van der Waals surface area (Å²) in [5.74, 6) is 0.0173. The van der Waals surface area contributed by atoms with Gasteiger partial charge >= 0.3 is 0 Å². The molecule has 0 bridgehead atoms. The average Bonchev–Trinajstić information content (AvgIpc) is 2.44. The maximum Gasteiger partial charge on any atom is 0.258 e. The lowest BCUT2D eigenvalue weighted by Crippen LogP contribution is -2.36. The Hall–Kier alpha value is -1.31. The van der Waals surface area contributed by atoms with Crippen LogP contribution in [0, 0.1) is 0 Å². The highest BCUT2D eigenvalue weighted by Crippen LogP contribution is 2.27. The van der Waals surface area contributed by atoms with E-state index in [-0.39, 0.29) is 40.3 Å². The van der Waals surface area contributed by atoms with Gasteiger partial charge in [-0.1, -0.05) is 24.9 Å². The molecule has 0 heterocycles. The van der Waals surface area contributed by atoms with Crippen molar-refractivity contribution in [2.24, 2.45) is 0 Å². The summed E-state index contributed by atoms with van der Waals surface area (Å²) >= 11 is 6.06. The second-order valence-electron chi connectivity index (χ2n) is 5.91. The Balaban J connectivity index is 2.71. The lowest BCUT2D eigenvalue weighted by Gasteiger charge is -2.14. The third kappa shape index (κ3) is 6.67. The number of sulfonamides is 1. The molecule has 0 spiro atoms. The molecule has 8 heteroatoms. The van der Waals surface area contributed by atoms with Crippen molar-refractivity contribution in [2.75, 3.05) is 6.61 Å². The van der Waals surface area contributed by atoms with E-state index in [1.807, 2.05) is 13.8 Å². The van der Waals surface area contributed by atoms with Crippen LogP contribution in [0.3, 0.4) is 0 Å². The van der Waals surface area contributed by atoms with Crippen molar-refractivity contribution >= 4 is 27.5 Å². The van der Waals surface area contributed by atoms with Gasteiger partial charge in [0.25, 0.3) is 5.91 Å². The molecular formula is C16H25ClN2O4S. The Bertz CT molecular complexity index is 662. The number of benzene rings is 1. The van der Waals surface area contributed by atoms with Crippen molar-refractivity contribution in [3.8, 4) is 5.75 Å². The number of hydrogen-bond donors (Lipinski definition) is 2. The quantitative estimate of drug-likeness (QED) is 0.694. The number of nitrogens with one attached hydrogen (secondary N) is 2. The van der Waals surface area contributed by atoms with Gasteiger partial charge in [-0.25, -0.2) is 13.1 Å². The number of ether oxygens (including phenoxy) is 1. The molecule has 0 fully saturated rings. The SMILES string of the molecule is CCC[C@H](C)NC(=O)COc1ccc(S(=O)(=O)NC(C)C)cc1Cl. The first-order chi connectivity index (χ1) is 11.2. The van der Waals surface area contributed by atoms with E-state index in [0.29, 0.717) is 0 Å². The van der Waals surface area contributed by atoms with E-state index < -0.39 is 10.0 Å². The third-order valence-electron chi connectivity index (χ3n) is 3.09. The number of halogens is 1. The van der Waals surface area contributed by atoms with Crippen molar-refractivity contribution in [1.82, 2.24) is 10.0 Å². The van der Waals surface area contributed by atoms with E-state index >= 15 is 0 Å². The first-order valence-electron chi connectivity index (χ1n) is 7.89. The van der Waals surface area contributed by atoms with Crippen molar-refractivity contribution in [1.29, 1.82) is 0 Å². The van der Waals surface area contributed by atoms with E-state index in [0.717, 1.165) is 12.8 Å². The second kappa shape index (κ2) is 9.25. The van der Waals surface area contributed by atoms with Crippen molar-refractivity contribution < 1.29 is 17.9 Å². The molecule has 0 radical (unpaired) electrons. The van der Waals surface area contributed by atoms with Gasteiger partial charge in [0.1, 0.15) is 5.75 Å². The van der Waals surface area contributed by atoms with Crippen molar-refractivity contribution in [2.45, 2.75) is 57.5 Å². The van der Waals surface area contributed by atoms with Gasteiger partial charge in [-0.15, -0.1) is 0 Å². The second-order valence-corrected chi connectivity index (χ2v) is 8.04. The highest BCUT2D eigenvalue weighted by atomic mass is 35.5. The van der Waals surface area contributed by atoms with E-state index in [9.17, 15) is 13.2 Å². The minimum atomic E-state index is -3.62. The Morgan fingerprint density at radius 3 is 2.50 bits per heavy atom. The Morgan fingerprint density at radius 2 is 1.96 bits per heavy atom. The predicted molar refractivity (Wildman–Crippen MR) is 94.9 cm³/mol. The summed E-state index contributed by atoms with van der Waals surface area (Å²) in [6.45, 7) is 7.26. The number of carbonyl (C=O) groups excluding carboxylic acids is 1. The molecule has 136 valence electrons. The van der Waals surface area contributed by atoms with Crippen LogP contribution in [-0.2, 0) is 14.8 Å². The molecule has 6 nitrogen and oxygen atoms in total. The van der Waals surface area contributed by atoms with Gasteiger partial charge < -0.3 is 10.1 Å². The summed E-state index contributed by atoms with van der Waals surface area (Å²) in [5, 5.41) is 2.95. The maximum atomic E-state index is 12.1. The molecule has 1 rings (SSSR count). The summed E-state index contributed by atoms with van der Waals surface area (Å²) in [6.07, 6.45) is 1.87. The van der Waals surface area contributed by atoms with Crippen LogP contribution in [0.5, 0.6) is 5.75 Å². The number of hydrogen-bond acceptors (Lipinski definition) is 4. The monoisotopic (exact) mass is 376 g/mol. The third-order valence-corrected chi connectivity index (χ3v) is 5.04. The minimum Gasteiger partial charge on any atom is -0.482 e. The van der Waals surface area contributed by atoms with Crippen molar-refractivity contribution in [3.05, 3.63) is 23.2 Å². The Morgan fingerprint density at radius 1 is 1.29 bits per heavy atom. The van der Waals surface area contributed by atoms with Crippen LogP contribution in [0.2, 0.25) is 5.02 Å². The van der Waals surface area contributed by atoms with E-state index in [1.165, 1.54) is 18.2 Å². The van der Waals surface area contributed by atoms with Crippen LogP contribution in [0.15, 0.2) is 23.1 Å². The highest BCUT2D eigenvalue weighted by molar-refractivity contribution is 7.89. The molecule has 1 aromatic rings. The summed E-state index contributed by atoms with van der Waals surface area (Å²) in [4.78, 5) is 11.8. The number of rotatable bonds is 9. The van der Waals surface area contributed by atoms with E-state index in [2.05, 4.69) is 10.0 Å². The molecule has 1 amide bonds. The molecular weight excluding hydrogens is 352 g/mol. The van der Waals surface area contributed by atoms with Gasteiger partial charge in [-0.2, -0.15) is 0 Å². The average molecular weight is 377 g/mol. The van der Waals surface area contributed by atoms with Gasteiger partial charge in [0, 0.05) is 12.1 Å². The summed E-state index contributed by atoms with van der Waals surface area (Å²) < 4.78 is 32.0. The van der Waals surface area contributed by atoms with Gasteiger partial charge in [0.15, 0.2) is 6.61 Å². The first-order valence-corrected chi connectivity index (χ1v) is 9.75. The van der Waals surface area contributed by atoms with Crippen molar-refractivity contribution in [3.63, 3.8) is 0 Å². The molecule has 0 saturated carbocycles. The standard InChI is InChI=1S/C16H25ClN2O4S/c1-5-6-12(4)18-16(20)10-23-15-8-7-13(9-14(15)17)24(21,22)19-11(2)3/h7-9,11-12,19H,5-6,10H2,1-4H3,(H,18,20)/t12-/m0/s1. The molecule has 2 N–H and O–H groups in total. The highest BCUT2D eigenvalue weighted by Gasteiger charge is 2.17. The van der Waals surface area contributed by atoms with E-state index in [4.69, 9.17) is 16.3 Å². The Kier molecular flexibility index (Phi) is 7.99. The summed E-state index contributed by atoms with van der Waals surface area (Å²) in [6, 6.07) is 4.00. The first kappa shape index (κ1) is 20.7. The molecule has 0 aliphatic heterocycles. The number of carbonyl (C=O) groups is 1. The predicted octanol–water partition coefficient (Wildman–Crippen LogP) is 2.71. The minimum absolute atomic E-state index is 0.0505. The molecule has 1 aromatic carbocycles. The largest absolute Gasteiger partial charge is 0.482 e. The zero-order chi connectivity index (χ0) is 18.3. The molecule has 0 aromatic heterocycles. The fraction of sp³-hybridized carbons (Fsp3) is 0.562. The van der Waals surface area contributed by atoms with E-state index in [1.54, 1.807) is 13.8 Å².